The highest BCUT2D eigenvalue weighted by Gasteiger charge is 2.34. The van der Waals surface area contributed by atoms with Gasteiger partial charge in [0.15, 0.2) is 0 Å². The largest absolute Gasteiger partial charge is 0.445 e. The molecule has 1 aliphatic heterocycles. The first-order chi connectivity index (χ1) is 16.4. The number of amides is 4. The molecule has 0 saturated carbocycles. The Morgan fingerprint density at radius 1 is 1.00 bits per heavy atom. The van der Waals surface area contributed by atoms with E-state index in [9.17, 15) is 19.2 Å². The Kier molecular flexibility index (Phi) is 9.28. The van der Waals surface area contributed by atoms with E-state index in [-0.39, 0.29) is 43.2 Å². The van der Waals surface area contributed by atoms with Crippen molar-refractivity contribution >= 4 is 41.0 Å². The molecule has 1 fully saturated rings. The van der Waals surface area contributed by atoms with Gasteiger partial charge in [0.25, 0.3) is 11.1 Å². The second-order valence-electron chi connectivity index (χ2n) is 7.69. The lowest BCUT2D eigenvalue weighted by atomic mass is 10.1. The zero-order chi connectivity index (χ0) is 24.3. The Morgan fingerprint density at radius 2 is 1.74 bits per heavy atom. The predicted octanol–water partition coefficient (Wildman–Crippen LogP) is 3.85. The third kappa shape index (κ3) is 7.77. The van der Waals surface area contributed by atoms with Crippen LogP contribution >= 0.6 is 11.8 Å². The molecule has 8 nitrogen and oxygen atoms in total. The number of benzene rings is 2. The van der Waals surface area contributed by atoms with Gasteiger partial charge in [-0.25, -0.2) is 4.79 Å². The van der Waals surface area contributed by atoms with E-state index < -0.39 is 6.09 Å². The molecule has 1 heterocycles. The summed E-state index contributed by atoms with van der Waals surface area (Å²) in [4.78, 5) is 49.9. The molecule has 2 N–H and O–H groups in total. The monoisotopic (exact) mass is 481 g/mol. The Morgan fingerprint density at radius 3 is 2.47 bits per heavy atom. The van der Waals surface area contributed by atoms with E-state index in [4.69, 9.17) is 4.74 Å². The molecule has 178 valence electrons. The summed E-state index contributed by atoms with van der Waals surface area (Å²) in [6, 6.07) is 17.0. The van der Waals surface area contributed by atoms with Crippen molar-refractivity contribution in [3.05, 3.63) is 76.2 Å². The summed E-state index contributed by atoms with van der Waals surface area (Å²) in [6.45, 7) is 2.73. The van der Waals surface area contributed by atoms with E-state index in [0.717, 1.165) is 33.4 Å². The molecule has 0 aliphatic carbocycles. The number of rotatable bonds is 10. The highest BCUT2D eigenvalue weighted by atomic mass is 32.2. The first kappa shape index (κ1) is 25.0. The summed E-state index contributed by atoms with van der Waals surface area (Å²) in [5.74, 6) is -0.579. The number of hydrogen-bond acceptors (Lipinski definition) is 6. The Balaban J connectivity index is 1.30. The smallest absolute Gasteiger partial charge is 0.407 e. The lowest BCUT2D eigenvalue weighted by Gasteiger charge is -2.13. The minimum atomic E-state index is -0.540. The van der Waals surface area contributed by atoms with Crippen LogP contribution < -0.4 is 10.6 Å². The molecule has 2 aromatic carbocycles. The fourth-order valence-corrected chi connectivity index (χ4v) is 3.98. The van der Waals surface area contributed by atoms with E-state index in [2.05, 4.69) is 10.6 Å². The van der Waals surface area contributed by atoms with Gasteiger partial charge in [0.2, 0.25) is 5.91 Å². The van der Waals surface area contributed by atoms with E-state index in [0.29, 0.717) is 17.9 Å². The van der Waals surface area contributed by atoms with E-state index in [1.54, 1.807) is 6.08 Å². The van der Waals surface area contributed by atoms with Crippen LogP contribution in [-0.2, 0) is 20.9 Å². The van der Waals surface area contributed by atoms with E-state index in [1.165, 1.54) is 0 Å². The Labute approximate surface area is 202 Å². The zero-order valence-electron chi connectivity index (χ0n) is 18.9. The highest BCUT2D eigenvalue weighted by Crippen LogP contribution is 2.31. The summed E-state index contributed by atoms with van der Waals surface area (Å²) in [6.07, 6.45) is 1.80. The average molecular weight is 482 g/mol. The van der Waals surface area contributed by atoms with Crippen LogP contribution in [0.2, 0.25) is 0 Å². The first-order valence-corrected chi connectivity index (χ1v) is 11.8. The predicted molar refractivity (Wildman–Crippen MR) is 131 cm³/mol. The van der Waals surface area contributed by atoms with Crippen LogP contribution in [-0.4, -0.2) is 47.7 Å². The molecule has 0 unspecified atom stereocenters. The van der Waals surface area contributed by atoms with E-state index in [1.807, 2.05) is 61.5 Å². The molecular formula is C25H27N3O5S. The van der Waals surface area contributed by atoms with Gasteiger partial charge in [-0.2, -0.15) is 0 Å². The maximum absolute atomic E-state index is 12.5. The fraction of sp³-hybridized carbons (Fsp3) is 0.280. The number of imide groups is 1. The van der Waals surface area contributed by atoms with Crippen molar-refractivity contribution in [1.82, 2.24) is 15.5 Å². The van der Waals surface area contributed by atoms with Crippen LogP contribution in [0.5, 0.6) is 0 Å². The van der Waals surface area contributed by atoms with Crippen molar-refractivity contribution in [3.8, 4) is 0 Å². The number of thioether (sulfide) groups is 1. The SMILES string of the molecule is Cc1ccc(C=C2SC(=O)N(CCNC(=O)CCCNC(=O)OCc3ccccc3)C2=O)cc1. The lowest BCUT2D eigenvalue weighted by molar-refractivity contribution is -0.124. The Bertz CT molecular complexity index is 1050. The first-order valence-electron chi connectivity index (χ1n) is 11.0. The second-order valence-corrected chi connectivity index (χ2v) is 8.68. The highest BCUT2D eigenvalue weighted by molar-refractivity contribution is 8.18. The molecule has 0 atom stereocenters. The topological polar surface area (TPSA) is 105 Å². The van der Waals surface area contributed by atoms with Crippen LogP contribution in [0, 0.1) is 6.92 Å². The molecule has 34 heavy (non-hydrogen) atoms. The maximum Gasteiger partial charge on any atom is 0.407 e. The number of nitrogens with zero attached hydrogens (tertiary/aromatic N) is 1. The molecule has 1 saturated heterocycles. The van der Waals surface area contributed by atoms with Crippen molar-refractivity contribution in [2.24, 2.45) is 0 Å². The number of nitrogens with one attached hydrogen (secondary N) is 2. The minimum Gasteiger partial charge on any atom is -0.445 e. The molecule has 0 spiro atoms. The normalized spacial score (nSPS) is 14.4. The number of carbonyl (C=O) groups excluding carboxylic acids is 4. The molecular weight excluding hydrogens is 454 g/mol. The van der Waals surface area contributed by atoms with Gasteiger partial charge in [0.1, 0.15) is 6.61 Å². The zero-order valence-corrected chi connectivity index (χ0v) is 19.7. The molecule has 3 rings (SSSR count). The third-order valence-electron chi connectivity index (χ3n) is 4.97. The number of aryl methyl sites for hydroxylation is 1. The van der Waals surface area contributed by atoms with Crippen molar-refractivity contribution < 1.29 is 23.9 Å². The van der Waals surface area contributed by atoms with Gasteiger partial charge in [0.05, 0.1) is 4.91 Å². The number of hydrogen-bond donors (Lipinski definition) is 2. The van der Waals surface area contributed by atoms with Gasteiger partial charge in [-0.1, -0.05) is 60.2 Å². The van der Waals surface area contributed by atoms with Gasteiger partial charge in [-0.15, -0.1) is 0 Å². The minimum absolute atomic E-state index is 0.103. The number of alkyl carbamates (subject to hydrolysis) is 1. The molecule has 1 aliphatic rings. The van der Waals surface area contributed by atoms with Crippen LogP contribution in [0.3, 0.4) is 0 Å². The van der Waals surface area contributed by atoms with Gasteiger partial charge < -0.3 is 15.4 Å². The molecule has 2 aromatic rings. The summed E-state index contributed by atoms with van der Waals surface area (Å²) >= 11 is 0.895. The summed E-state index contributed by atoms with van der Waals surface area (Å²) in [5.41, 5.74) is 2.85. The summed E-state index contributed by atoms with van der Waals surface area (Å²) in [7, 11) is 0. The van der Waals surface area contributed by atoms with Crippen LogP contribution in [0.1, 0.15) is 29.5 Å². The van der Waals surface area contributed by atoms with Gasteiger partial charge >= 0.3 is 6.09 Å². The van der Waals surface area contributed by atoms with Crippen LogP contribution in [0.4, 0.5) is 9.59 Å². The molecule has 0 radical (unpaired) electrons. The van der Waals surface area contributed by atoms with Crippen LogP contribution in [0.15, 0.2) is 59.5 Å². The van der Waals surface area contributed by atoms with Gasteiger partial charge in [0, 0.05) is 26.1 Å². The van der Waals surface area contributed by atoms with Crippen molar-refractivity contribution in [1.29, 1.82) is 0 Å². The average Bonchev–Trinajstić information content (AvgIpc) is 3.10. The standard InChI is InChI=1S/C25H27N3O5S/c1-18-9-11-19(12-10-18)16-21-23(30)28(25(32)34-21)15-14-26-22(29)8-5-13-27-24(31)33-17-20-6-3-2-4-7-20/h2-4,6-7,9-12,16H,5,8,13-15,17H2,1H3,(H,26,29)(H,27,31). The molecule has 0 aromatic heterocycles. The molecule has 4 amide bonds. The van der Waals surface area contributed by atoms with Gasteiger partial charge in [-0.3, -0.25) is 19.3 Å². The fourth-order valence-electron chi connectivity index (χ4n) is 3.12. The van der Waals surface area contributed by atoms with Crippen molar-refractivity contribution in [2.75, 3.05) is 19.6 Å². The number of ether oxygens (including phenoxy) is 1. The maximum atomic E-state index is 12.5. The van der Waals surface area contributed by atoms with Crippen LogP contribution in [0.25, 0.3) is 6.08 Å². The Hall–Kier alpha value is -3.59. The summed E-state index contributed by atoms with van der Waals surface area (Å²) < 4.78 is 5.10. The summed E-state index contributed by atoms with van der Waals surface area (Å²) in [5, 5.41) is 4.95. The van der Waals surface area contributed by atoms with Crippen molar-refractivity contribution in [3.63, 3.8) is 0 Å². The van der Waals surface area contributed by atoms with Gasteiger partial charge in [-0.05, 0) is 42.3 Å². The molecule has 9 heteroatoms. The van der Waals surface area contributed by atoms with E-state index >= 15 is 0 Å². The van der Waals surface area contributed by atoms with Crippen molar-refractivity contribution in [2.45, 2.75) is 26.4 Å². The molecule has 0 bridgehead atoms. The number of carbonyl (C=O) groups is 4. The third-order valence-corrected chi connectivity index (χ3v) is 5.88. The lowest BCUT2D eigenvalue weighted by Crippen LogP contribution is -2.37. The quantitative estimate of drug-likeness (QED) is 0.395. The second kappa shape index (κ2) is 12.6.